The summed E-state index contributed by atoms with van der Waals surface area (Å²) in [6.07, 6.45) is 4.33. The van der Waals surface area contributed by atoms with E-state index in [2.05, 4.69) is 12.1 Å². The third kappa shape index (κ3) is 4.27. The fourth-order valence-corrected chi connectivity index (χ4v) is 4.53. The standard InChI is InChI=1S/C22H30N2O3/c1-21(2,3)27-20(26)24(10-5-11-25)19-8-9-22(14-18(22)13-19)17-7-4-6-16(12-17)15-23/h4,6-7,12,18-19,25H,5,8-11,13-14H2,1-3H3/t18-,19?,22+/m1/s1. The molecule has 1 N–H and O–H groups in total. The van der Waals surface area contributed by atoms with Crippen molar-refractivity contribution in [3.63, 3.8) is 0 Å². The van der Waals surface area contributed by atoms with Crippen LogP contribution in [0.3, 0.4) is 0 Å². The average molecular weight is 370 g/mol. The van der Waals surface area contributed by atoms with Gasteiger partial charge < -0.3 is 14.7 Å². The number of nitriles is 1. The number of ether oxygens (including phenoxy) is 1. The predicted molar refractivity (Wildman–Crippen MR) is 103 cm³/mol. The number of hydrogen-bond donors (Lipinski definition) is 1. The number of hydrogen-bond acceptors (Lipinski definition) is 4. The van der Waals surface area contributed by atoms with Gasteiger partial charge in [-0.15, -0.1) is 0 Å². The third-order valence-electron chi connectivity index (χ3n) is 5.90. The van der Waals surface area contributed by atoms with Gasteiger partial charge in [-0.1, -0.05) is 12.1 Å². The predicted octanol–water partition coefficient (Wildman–Crippen LogP) is 3.99. The van der Waals surface area contributed by atoms with E-state index in [1.807, 2.05) is 43.9 Å². The van der Waals surface area contributed by atoms with Gasteiger partial charge >= 0.3 is 6.09 Å². The SMILES string of the molecule is CC(C)(C)OC(=O)N(CCCO)C1CC[C@@]2(c3cccc(C#N)c3)C[C@H]2C1. The van der Waals surface area contributed by atoms with Crippen molar-refractivity contribution in [3.05, 3.63) is 35.4 Å². The Morgan fingerprint density at radius 3 is 2.85 bits per heavy atom. The fourth-order valence-electron chi connectivity index (χ4n) is 4.53. The maximum Gasteiger partial charge on any atom is 0.410 e. The first-order valence-electron chi connectivity index (χ1n) is 9.90. The van der Waals surface area contributed by atoms with Crippen LogP contribution < -0.4 is 0 Å². The van der Waals surface area contributed by atoms with Crippen molar-refractivity contribution in [2.24, 2.45) is 5.92 Å². The summed E-state index contributed by atoms with van der Waals surface area (Å²) in [7, 11) is 0. The van der Waals surface area contributed by atoms with Gasteiger partial charge in [-0.3, -0.25) is 0 Å². The molecule has 27 heavy (non-hydrogen) atoms. The number of nitrogens with zero attached hydrogens (tertiary/aromatic N) is 2. The van der Waals surface area contributed by atoms with E-state index in [9.17, 15) is 15.2 Å². The summed E-state index contributed by atoms with van der Waals surface area (Å²) in [4.78, 5) is 14.5. The van der Waals surface area contributed by atoms with Crippen molar-refractivity contribution in [3.8, 4) is 6.07 Å². The monoisotopic (exact) mass is 370 g/mol. The maximum absolute atomic E-state index is 12.7. The molecule has 0 heterocycles. The molecule has 146 valence electrons. The smallest absolute Gasteiger partial charge is 0.410 e. The summed E-state index contributed by atoms with van der Waals surface area (Å²) >= 11 is 0. The van der Waals surface area contributed by atoms with Crippen LogP contribution in [0, 0.1) is 17.2 Å². The highest BCUT2D eigenvalue weighted by Gasteiger charge is 2.58. The normalized spacial score (nSPS) is 26.6. The number of carbonyl (C=O) groups is 1. The van der Waals surface area contributed by atoms with Crippen molar-refractivity contribution in [1.82, 2.24) is 4.90 Å². The molecule has 0 saturated heterocycles. The Morgan fingerprint density at radius 2 is 2.22 bits per heavy atom. The van der Waals surface area contributed by atoms with Crippen molar-refractivity contribution in [2.45, 2.75) is 69.9 Å². The van der Waals surface area contributed by atoms with Crippen LogP contribution in [0.1, 0.15) is 64.0 Å². The summed E-state index contributed by atoms with van der Waals surface area (Å²) in [5.74, 6) is 0.546. The Hall–Kier alpha value is -2.06. The lowest BCUT2D eigenvalue weighted by Crippen LogP contribution is -2.46. The van der Waals surface area contributed by atoms with Gasteiger partial charge in [0.1, 0.15) is 5.60 Å². The third-order valence-corrected chi connectivity index (χ3v) is 5.90. The Kier molecular flexibility index (Phi) is 5.48. The van der Waals surface area contributed by atoms with Gasteiger partial charge in [-0.25, -0.2) is 4.79 Å². The molecule has 0 aromatic heterocycles. The highest BCUT2D eigenvalue weighted by Crippen LogP contribution is 2.62. The Morgan fingerprint density at radius 1 is 1.44 bits per heavy atom. The molecule has 2 saturated carbocycles. The van der Waals surface area contributed by atoms with Crippen LogP contribution in [0.25, 0.3) is 0 Å². The van der Waals surface area contributed by atoms with Gasteiger partial charge in [0.05, 0.1) is 11.6 Å². The molecule has 2 aliphatic rings. The minimum Gasteiger partial charge on any atom is -0.444 e. The number of amides is 1. The molecule has 1 amide bonds. The first kappa shape index (κ1) is 19.7. The van der Waals surface area contributed by atoms with Gasteiger partial charge in [-0.05, 0) is 81.9 Å². The number of rotatable bonds is 5. The Bertz CT molecular complexity index is 734. The topological polar surface area (TPSA) is 73.6 Å². The van der Waals surface area contributed by atoms with Crippen molar-refractivity contribution in [2.75, 3.05) is 13.2 Å². The van der Waals surface area contributed by atoms with Crippen LogP contribution in [0.2, 0.25) is 0 Å². The van der Waals surface area contributed by atoms with E-state index in [0.717, 1.165) is 25.7 Å². The van der Waals surface area contributed by atoms with Crippen LogP contribution in [0.4, 0.5) is 4.79 Å². The number of benzene rings is 1. The van der Waals surface area contributed by atoms with Crippen LogP contribution in [-0.2, 0) is 10.2 Å². The largest absolute Gasteiger partial charge is 0.444 e. The summed E-state index contributed by atoms with van der Waals surface area (Å²) < 4.78 is 5.61. The van der Waals surface area contributed by atoms with E-state index in [0.29, 0.717) is 24.4 Å². The molecular formula is C22H30N2O3. The maximum atomic E-state index is 12.7. The van der Waals surface area contributed by atoms with Gasteiger partial charge in [0.25, 0.3) is 0 Å². The summed E-state index contributed by atoms with van der Waals surface area (Å²) in [5.41, 5.74) is 1.64. The summed E-state index contributed by atoms with van der Waals surface area (Å²) in [6.45, 7) is 6.23. The zero-order chi connectivity index (χ0) is 19.7. The molecule has 0 bridgehead atoms. The zero-order valence-corrected chi connectivity index (χ0v) is 16.6. The van der Waals surface area contributed by atoms with Crippen LogP contribution >= 0.6 is 0 Å². The molecule has 2 fully saturated rings. The second kappa shape index (κ2) is 7.52. The van der Waals surface area contributed by atoms with Crippen molar-refractivity contribution < 1.29 is 14.6 Å². The fraction of sp³-hybridized carbons (Fsp3) is 0.636. The summed E-state index contributed by atoms with van der Waals surface area (Å²) in [5, 5.41) is 18.4. The Labute approximate surface area is 161 Å². The molecule has 1 unspecified atom stereocenters. The molecule has 0 spiro atoms. The molecule has 0 aliphatic heterocycles. The van der Waals surface area contributed by atoms with Crippen LogP contribution in [-0.4, -0.2) is 40.9 Å². The number of carbonyl (C=O) groups excluding carboxylic acids is 1. The van der Waals surface area contributed by atoms with E-state index in [1.165, 1.54) is 5.56 Å². The van der Waals surface area contributed by atoms with E-state index < -0.39 is 5.60 Å². The first-order chi connectivity index (χ1) is 12.8. The van der Waals surface area contributed by atoms with E-state index >= 15 is 0 Å². The van der Waals surface area contributed by atoms with Gasteiger partial charge in [0.15, 0.2) is 0 Å². The molecule has 1 aromatic rings. The average Bonchev–Trinajstić information content (AvgIpc) is 3.36. The molecule has 5 nitrogen and oxygen atoms in total. The van der Waals surface area contributed by atoms with Gasteiger partial charge in [0, 0.05) is 19.2 Å². The highest BCUT2D eigenvalue weighted by molar-refractivity contribution is 5.68. The summed E-state index contributed by atoms with van der Waals surface area (Å²) in [6, 6.07) is 10.4. The minimum atomic E-state index is -0.524. The first-order valence-corrected chi connectivity index (χ1v) is 9.90. The van der Waals surface area contributed by atoms with Gasteiger partial charge in [-0.2, -0.15) is 5.26 Å². The molecule has 5 heteroatoms. The minimum absolute atomic E-state index is 0.0698. The molecule has 1 aromatic carbocycles. The lowest BCUT2D eigenvalue weighted by Gasteiger charge is -2.37. The molecule has 0 radical (unpaired) electrons. The van der Waals surface area contributed by atoms with Gasteiger partial charge in [0.2, 0.25) is 0 Å². The highest BCUT2D eigenvalue weighted by atomic mass is 16.6. The molecular weight excluding hydrogens is 340 g/mol. The van der Waals surface area contributed by atoms with E-state index in [1.54, 1.807) is 0 Å². The van der Waals surface area contributed by atoms with Crippen LogP contribution in [0.5, 0.6) is 0 Å². The number of fused-ring (bicyclic) bond motifs is 1. The van der Waals surface area contributed by atoms with Crippen molar-refractivity contribution >= 4 is 6.09 Å². The number of aliphatic hydroxyl groups excluding tert-OH is 1. The molecule has 3 rings (SSSR count). The number of aliphatic hydroxyl groups is 1. The van der Waals surface area contributed by atoms with Crippen LogP contribution in [0.15, 0.2) is 24.3 Å². The second-order valence-corrected chi connectivity index (χ2v) is 8.93. The van der Waals surface area contributed by atoms with E-state index in [4.69, 9.17) is 4.74 Å². The molecule has 2 aliphatic carbocycles. The van der Waals surface area contributed by atoms with Crippen molar-refractivity contribution in [1.29, 1.82) is 5.26 Å². The molecule has 3 atom stereocenters. The lowest BCUT2D eigenvalue weighted by molar-refractivity contribution is 0.00995. The lowest BCUT2D eigenvalue weighted by atomic mass is 9.80. The van der Waals surface area contributed by atoms with E-state index in [-0.39, 0.29) is 24.2 Å². The second-order valence-electron chi connectivity index (χ2n) is 8.93. The zero-order valence-electron chi connectivity index (χ0n) is 16.6. The quantitative estimate of drug-likeness (QED) is 0.850. The Balaban J connectivity index is 1.70.